The molecule has 1 atom stereocenters. The second-order valence-electron chi connectivity index (χ2n) is 7.54. The van der Waals surface area contributed by atoms with Crippen LogP contribution in [0.25, 0.3) is 6.08 Å². The standard InChI is InChI=1S/C24H30N2O4/c1-30-21-5-2-4-18(17-21)12-14-26(13-3-15-27)23-10-8-20-16-19(6-9-22(20)23)7-11-24(28)25-29/h2,4-7,9,11,16-17,23,27,29H,3,8,10,12-15H2,1H3,(H,25,28)/b11-7+. The van der Waals surface area contributed by atoms with Crippen molar-refractivity contribution < 1.29 is 19.8 Å². The number of hydrogen-bond acceptors (Lipinski definition) is 5. The van der Waals surface area contributed by atoms with Crippen molar-refractivity contribution in [3.05, 3.63) is 70.8 Å². The first-order chi connectivity index (χ1) is 14.6. The van der Waals surface area contributed by atoms with Crippen molar-refractivity contribution in [1.82, 2.24) is 10.4 Å². The first kappa shape index (κ1) is 22.0. The molecular formula is C24H30N2O4. The molecule has 0 saturated carbocycles. The van der Waals surface area contributed by atoms with Gasteiger partial charge in [-0.05, 0) is 66.1 Å². The first-order valence-corrected chi connectivity index (χ1v) is 10.4. The molecule has 6 nitrogen and oxygen atoms in total. The molecule has 0 radical (unpaired) electrons. The molecule has 1 aliphatic carbocycles. The number of amides is 1. The minimum Gasteiger partial charge on any atom is -0.497 e. The van der Waals surface area contributed by atoms with Gasteiger partial charge in [0, 0.05) is 31.8 Å². The van der Waals surface area contributed by atoms with Gasteiger partial charge in [-0.2, -0.15) is 0 Å². The van der Waals surface area contributed by atoms with E-state index in [0.717, 1.165) is 50.1 Å². The molecule has 2 aromatic carbocycles. The molecule has 0 saturated heterocycles. The fourth-order valence-electron chi connectivity index (χ4n) is 4.11. The second kappa shape index (κ2) is 10.9. The van der Waals surface area contributed by atoms with E-state index in [2.05, 4.69) is 29.2 Å². The summed E-state index contributed by atoms with van der Waals surface area (Å²) in [5, 5.41) is 18.0. The van der Waals surface area contributed by atoms with E-state index in [4.69, 9.17) is 9.94 Å². The lowest BCUT2D eigenvalue weighted by atomic mass is 10.0. The lowest BCUT2D eigenvalue weighted by Crippen LogP contribution is -2.31. The van der Waals surface area contributed by atoms with Crippen LogP contribution in [0.5, 0.6) is 5.75 Å². The molecule has 1 amide bonds. The number of hydroxylamine groups is 1. The van der Waals surface area contributed by atoms with Crippen LogP contribution in [-0.2, 0) is 17.6 Å². The van der Waals surface area contributed by atoms with Gasteiger partial charge in [0.2, 0.25) is 0 Å². The summed E-state index contributed by atoms with van der Waals surface area (Å²) in [6, 6.07) is 14.8. The highest BCUT2D eigenvalue weighted by molar-refractivity contribution is 5.90. The van der Waals surface area contributed by atoms with Crippen LogP contribution in [0.2, 0.25) is 0 Å². The second-order valence-corrected chi connectivity index (χ2v) is 7.54. The molecule has 1 aliphatic rings. The van der Waals surface area contributed by atoms with E-state index in [0.29, 0.717) is 6.04 Å². The number of carbonyl (C=O) groups is 1. The van der Waals surface area contributed by atoms with E-state index >= 15 is 0 Å². The number of hydrogen-bond donors (Lipinski definition) is 3. The number of ether oxygens (including phenoxy) is 1. The van der Waals surface area contributed by atoms with Crippen molar-refractivity contribution in [2.24, 2.45) is 0 Å². The Kier molecular flexibility index (Phi) is 8.02. The molecule has 30 heavy (non-hydrogen) atoms. The zero-order chi connectivity index (χ0) is 21.3. The zero-order valence-electron chi connectivity index (χ0n) is 17.4. The highest BCUT2D eigenvalue weighted by Crippen LogP contribution is 2.36. The Morgan fingerprint density at radius 1 is 1.27 bits per heavy atom. The number of benzene rings is 2. The average molecular weight is 411 g/mol. The van der Waals surface area contributed by atoms with Gasteiger partial charge in [-0.15, -0.1) is 0 Å². The summed E-state index contributed by atoms with van der Waals surface area (Å²) in [6.07, 6.45) is 6.72. The quantitative estimate of drug-likeness (QED) is 0.319. The molecule has 0 spiro atoms. The highest BCUT2D eigenvalue weighted by atomic mass is 16.5. The number of methoxy groups -OCH3 is 1. The monoisotopic (exact) mass is 410 g/mol. The van der Waals surface area contributed by atoms with Crippen LogP contribution in [0.3, 0.4) is 0 Å². The number of aryl methyl sites for hydroxylation is 1. The lowest BCUT2D eigenvalue weighted by Gasteiger charge is -2.29. The summed E-state index contributed by atoms with van der Waals surface area (Å²) in [5.74, 6) is 0.331. The van der Waals surface area contributed by atoms with Crippen molar-refractivity contribution in [2.45, 2.75) is 31.7 Å². The van der Waals surface area contributed by atoms with Gasteiger partial charge in [-0.3, -0.25) is 14.9 Å². The third kappa shape index (κ3) is 5.69. The molecule has 0 aromatic heterocycles. The van der Waals surface area contributed by atoms with Crippen molar-refractivity contribution >= 4 is 12.0 Å². The number of nitrogens with one attached hydrogen (secondary N) is 1. The maximum atomic E-state index is 11.2. The summed E-state index contributed by atoms with van der Waals surface area (Å²) < 4.78 is 5.33. The largest absolute Gasteiger partial charge is 0.497 e. The number of aliphatic hydroxyl groups is 1. The molecule has 0 heterocycles. The predicted octanol–water partition coefficient (Wildman–Crippen LogP) is 3.13. The summed E-state index contributed by atoms with van der Waals surface area (Å²) in [5.41, 5.74) is 6.40. The minimum absolute atomic E-state index is 0.186. The Hall–Kier alpha value is -2.67. The van der Waals surface area contributed by atoms with E-state index in [1.54, 1.807) is 18.7 Å². The van der Waals surface area contributed by atoms with Gasteiger partial charge in [-0.25, -0.2) is 5.48 Å². The fourth-order valence-corrected chi connectivity index (χ4v) is 4.11. The molecule has 3 rings (SSSR count). The van der Waals surface area contributed by atoms with Gasteiger partial charge in [-0.1, -0.05) is 30.3 Å². The van der Waals surface area contributed by atoms with E-state index in [1.807, 2.05) is 18.2 Å². The van der Waals surface area contributed by atoms with Gasteiger partial charge < -0.3 is 9.84 Å². The Morgan fingerprint density at radius 2 is 2.13 bits per heavy atom. The molecule has 2 aromatic rings. The summed E-state index contributed by atoms with van der Waals surface area (Å²) in [6.45, 7) is 1.95. The molecule has 3 N–H and O–H groups in total. The Morgan fingerprint density at radius 3 is 2.90 bits per heavy atom. The number of nitrogens with zero attached hydrogens (tertiary/aromatic N) is 1. The van der Waals surface area contributed by atoms with Crippen LogP contribution in [0, 0.1) is 0 Å². The normalized spacial score (nSPS) is 15.5. The van der Waals surface area contributed by atoms with Crippen LogP contribution < -0.4 is 10.2 Å². The molecule has 0 aliphatic heterocycles. The van der Waals surface area contributed by atoms with Crippen molar-refractivity contribution in [3.63, 3.8) is 0 Å². The number of fused-ring (bicyclic) bond motifs is 1. The van der Waals surface area contributed by atoms with E-state index in [9.17, 15) is 9.90 Å². The number of rotatable bonds is 10. The van der Waals surface area contributed by atoms with Crippen LogP contribution >= 0.6 is 0 Å². The minimum atomic E-state index is -0.541. The predicted molar refractivity (Wildman–Crippen MR) is 116 cm³/mol. The van der Waals surface area contributed by atoms with Crippen molar-refractivity contribution in [3.8, 4) is 5.75 Å². The maximum Gasteiger partial charge on any atom is 0.267 e. The number of carbonyl (C=O) groups excluding carboxylic acids is 1. The van der Waals surface area contributed by atoms with E-state index < -0.39 is 5.91 Å². The van der Waals surface area contributed by atoms with Crippen LogP contribution in [-0.4, -0.2) is 47.9 Å². The molecule has 0 bridgehead atoms. The van der Waals surface area contributed by atoms with Gasteiger partial charge in [0.05, 0.1) is 7.11 Å². The molecule has 1 unspecified atom stereocenters. The zero-order valence-corrected chi connectivity index (χ0v) is 17.4. The summed E-state index contributed by atoms with van der Waals surface area (Å²) >= 11 is 0. The van der Waals surface area contributed by atoms with E-state index in [-0.39, 0.29) is 6.61 Å². The number of aliphatic hydroxyl groups excluding tert-OH is 1. The Labute approximate surface area is 177 Å². The molecule has 160 valence electrons. The van der Waals surface area contributed by atoms with Gasteiger partial charge >= 0.3 is 0 Å². The summed E-state index contributed by atoms with van der Waals surface area (Å²) in [4.78, 5) is 13.7. The maximum absolute atomic E-state index is 11.2. The van der Waals surface area contributed by atoms with Crippen LogP contribution in [0.4, 0.5) is 0 Å². The Balaban J connectivity index is 1.72. The smallest absolute Gasteiger partial charge is 0.267 e. The molecular weight excluding hydrogens is 380 g/mol. The topological polar surface area (TPSA) is 82.0 Å². The Bertz CT molecular complexity index is 881. The molecule has 6 heteroatoms. The van der Waals surface area contributed by atoms with Gasteiger partial charge in [0.25, 0.3) is 5.91 Å². The fraction of sp³-hybridized carbons (Fsp3) is 0.375. The third-order valence-corrected chi connectivity index (χ3v) is 5.62. The van der Waals surface area contributed by atoms with Gasteiger partial charge in [0.15, 0.2) is 0 Å². The lowest BCUT2D eigenvalue weighted by molar-refractivity contribution is -0.124. The van der Waals surface area contributed by atoms with Crippen LogP contribution in [0.1, 0.15) is 41.1 Å². The third-order valence-electron chi connectivity index (χ3n) is 5.62. The molecule has 0 fully saturated rings. The average Bonchev–Trinajstić information content (AvgIpc) is 3.20. The van der Waals surface area contributed by atoms with Gasteiger partial charge in [0.1, 0.15) is 5.75 Å². The van der Waals surface area contributed by atoms with E-state index in [1.165, 1.54) is 22.8 Å². The first-order valence-electron chi connectivity index (χ1n) is 10.4. The highest BCUT2D eigenvalue weighted by Gasteiger charge is 2.27. The van der Waals surface area contributed by atoms with Crippen LogP contribution in [0.15, 0.2) is 48.5 Å². The SMILES string of the molecule is COc1cccc(CCN(CCCO)C2CCc3cc(/C=C/C(=O)NO)ccc32)c1. The van der Waals surface area contributed by atoms with Crippen molar-refractivity contribution in [2.75, 3.05) is 26.8 Å². The summed E-state index contributed by atoms with van der Waals surface area (Å²) in [7, 11) is 1.68. The van der Waals surface area contributed by atoms with Crippen molar-refractivity contribution in [1.29, 1.82) is 0 Å².